The number of hydrogen-bond donors (Lipinski definition) is 3. The van der Waals surface area contributed by atoms with Crippen molar-refractivity contribution in [2.45, 2.75) is 20.0 Å². The molecule has 9 heteroatoms. The minimum absolute atomic E-state index is 0.0427. The van der Waals surface area contributed by atoms with Crippen LogP contribution in [0, 0.1) is 0 Å². The molecule has 0 radical (unpaired) electrons. The molecule has 0 aliphatic carbocycles. The summed E-state index contributed by atoms with van der Waals surface area (Å²) < 4.78 is 34.0. The third kappa shape index (κ3) is 3.73. The van der Waals surface area contributed by atoms with Gasteiger partial charge in [-0.15, -0.1) is 0 Å². The van der Waals surface area contributed by atoms with Gasteiger partial charge in [-0.05, 0) is 36.4 Å². The Labute approximate surface area is 174 Å². The average molecular weight is 429 g/mol. The van der Waals surface area contributed by atoms with Crippen LogP contribution in [0.1, 0.15) is 28.4 Å². The normalized spacial score (nSPS) is 13.4. The standard InChI is InChI=1S/C21H23N3O5S/c1-4-22-10-12-5-6-16-13(7-12)8-17(24-16)14-9-18(28-2)20(29-30(3,26)27)15-11-23-21(25)19(14)15/h5-9,22,24H,4,10-11H2,1-3H3,(H,23,25). The molecule has 1 aliphatic heterocycles. The second kappa shape index (κ2) is 7.66. The smallest absolute Gasteiger partial charge is 0.306 e. The van der Waals surface area contributed by atoms with E-state index in [0.29, 0.717) is 16.7 Å². The molecule has 0 spiro atoms. The van der Waals surface area contributed by atoms with Gasteiger partial charge in [0.2, 0.25) is 0 Å². The molecule has 0 atom stereocenters. The number of hydrogen-bond acceptors (Lipinski definition) is 6. The predicted molar refractivity (Wildman–Crippen MR) is 114 cm³/mol. The third-order valence-corrected chi connectivity index (χ3v) is 5.48. The molecule has 158 valence electrons. The van der Waals surface area contributed by atoms with Gasteiger partial charge in [0.1, 0.15) is 0 Å². The number of nitrogens with one attached hydrogen (secondary N) is 3. The lowest BCUT2D eigenvalue weighted by molar-refractivity contribution is 0.0966. The molecule has 1 aliphatic rings. The molecule has 3 N–H and O–H groups in total. The van der Waals surface area contributed by atoms with Crippen LogP contribution >= 0.6 is 0 Å². The average Bonchev–Trinajstić information content (AvgIpc) is 3.29. The van der Waals surface area contributed by atoms with Gasteiger partial charge < -0.3 is 24.5 Å². The third-order valence-electron chi connectivity index (χ3n) is 5.01. The Hall–Kier alpha value is -3.04. The largest absolute Gasteiger partial charge is 0.493 e. The molecule has 1 aromatic heterocycles. The minimum Gasteiger partial charge on any atom is -0.493 e. The fourth-order valence-electron chi connectivity index (χ4n) is 3.69. The summed E-state index contributed by atoms with van der Waals surface area (Å²) in [6.07, 6.45) is 0.958. The van der Waals surface area contributed by atoms with Gasteiger partial charge in [-0.1, -0.05) is 13.0 Å². The molecule has 0 fully saturated rings. The van der Waals surface area contributed by atoms with E-state index >= 15 is 0 Å². The van der Waals surface area contributed by atoms with Crippen molar-refractivity contribution in [1.82, 2.24) is 15.6 Å². The number of fused-ring (bicyclic) bond motifs is 2. The van der Waals surface area contributed by atoms with Crippen molar-refractivity contribution in [2.75, 3.05) is 19.9 Å². The minimum atomic E-state index is -3.79. The van der Waals surface area contributed by atoms with Gasteiger partial charge >= 0.3 is 10.1 Å². The van der Waals surface area contributed by atoms with Crippen LogP contribution in [0.5, 0.6) is 11.5 Å². The Morgan fingerprint density at radius 1 is 1.20 bits per heavy atom. The molecule has 8 nitrogen and oxygen atoms in total. The number of methoxy groups -OCH3 is 1. The quantitative estimate of drug-likeness (QED) is 0.498. The van der Waals surface area contributed by atoms with Gasteiger partial charge in [0, 0.05) is 40.8 Å². The summed E-state index contributed by atoms with van der Waals surface area (Å²) >= 11 is 0. The van der Waals surface area contributed by atoms with Crippen LogP contribution in [-0.4, -0.2) is 39.2 Å². The molecule has 0 saturated carbocycles. The highest BCUT2D eigenvalue weighted by molar-refractivity contribution is 7.86. The molecule has 0 unspecified atom stereocenters. The highest BCUT2D eigenvalue weighted by Crippen LogP contribution is 2.43. The van der Waals surface area contributed by atoms with Crippen molar-refractivity contribution in [3.63, 3.8) is 0 Å². The summed E-state index contributed by atoms with van der Waals surface area (Å²) in [6, 6.07) is 9.75. The molecule has 0 bridgehead atoms. The highest BCUT2D eigenvalue weighted by atomic mass is 32.2. The Bertz CT molecular complexity index is 1250. The molecule has 1 amide bonds. The fourth-order valence-corrected chi connectivity index (χ4v) is 4.18. The summed E-state index contributed by atoms with van der Waals surface area (Å²) in [5.74, 6) is 0.00537. The van der Waals surface area contributed by atoms with E-state index in [1.807, 2.05) is 18.2 Å². The van der Waals surface area contributed by atoms with E-state index in [1.54, 1.807) is 6.07 Å². The van der Waals surface area contributed by atoms with Crippen LogP contribution in [0.15, 0.2) is 30.3 Å². The Morgan fingerprint density at radius 2 is 2.00 bits per heavy atom. The zero-order valence-electron chi connectivity index (χ0n) is 17.0. The van der Waals surface area contributed by atoms with E-state index in [4.69, 9.17) is 8.92 Å². The number of benzene rings is 2. The summed E-state index contributed by atoms with van der Waals surface area (Å²) in [7, 11) is -2.36. The zero-order valence-corrected chi connectivity index (χ0v) is 17.8. The zero-order chi connectivity index (χ0) is 21.5. The van der Waals surface area contributed by atoms with E-state index in [-0.39, 0.29) is 24.0 Å². The van der Waals surface area contributed by atoms with Crippen LogP contribution in [0.3, 0.4) is 0 Å². The Balaban J connectivity index is 1.87. The molecule has 30 heavy (non-hydrogen) atoms. The number of carbonyl (C=O) groups excluding carboxylic acids is 1. The van der Waals surface area contributed by atoms with Crippen LogP contribution in [-0.2, 0) is 23.2 Å². The van der Waals surface area contributed by atoms with E-state index in [2.05, 4.69) is 28.6 Å². The molecule has 0 saturated heterocycles. The van der Waals surface area contributed by atoms with Gasteiger partial charge in [0.25, 0.3) is 5.91 Å². The fraction of sp³-hybridized carbons (Fsp3) is 0.286. The van der Waals surface area contributed by atoms with Gasteiger partial charge in [-0.25, -0.2) is 0 Å². The lowest BCUT2D eigenvalue weighted by Gasteiger charge is -2.15. The Kier molecular flexibility index (Phi) is 5.17. The summed E-state index contributed by atoms with van der Waals surface area (Å²) in [4.78, 5) is 15.9. The molecular formula is C21H23N3O5S. The lowest BCUT2D eigenvalue weighted by Crippen LogP contribution is -2.13. The van der Waals surface area contributed by atoms with Crippen molar-refractivity contribution in [3.05, 3.63) is 47.0 Å². The van der Waals surface area contributed by atoms with E-state index in [9.17, 15) is 13.2 Å². The summed E-state index contributed by atoms with van der Waals surface area (Å²) in [6.45, 7) is 3.88. The maximum absolute atomic E-state index is 12.6. The first-order chi connectivity index (χ1) is 14.3. The molecule has 2 aromatic carbocycles. The predicted octanol–water partition coefficient (Wildman–Crippen LogP) is 2.53. The molecule has 3 aromatic rings. The first-order valence-electron chi connectivity index (χ1n) is 9.55. The Morgan fingerprint density at radius 3 is 2.70 bits per heavy atom. The molecule has 4 rings (SSSR count). The number of ether oxygens (including phenoxy) is 1. The van der Waals surface area contributed by atoms with Crippen LogP contribution in [0.4, 0.5) is 0 Å². The van der Waals surface area contributed by atoms with Gasteiger partial charge in [0.05, 0.1) is 18.9 Å². The number of aromatic amines is 1. The number of carbonyl (C=O) groups is 1. The van der Waals surface area contributed by atoms with E-state index in [1.165, 1.54) is 7.11 Å². The molecule has 2 heterocycles. The molecular weight excluding hydrogens is 406 g/mol. The van der Waals surface area contributed by atoms with Crippen LogP contribution in [0.25, 0.3) is 22.2 Å². The SMILES string of the molecule is CCNCc1ccc2[nH]c(-c3cc(OC)c(OS(C)(=O)=O)c4c3C(=O)NC4)cc2c1. The number of amides is 1. The number of rotatable bonds is 7. The van der Waals surface area contributed by atoms with E-state index < -0.39 is 10.1 Å². The van der Waals surface area contributed by atoms with Gasteiger partial charge in [-0.3, -0.25) is 4.79 Å². The number of H-pyrrole nitrogens is 1. The number of aromatic nitrogens is 1. The van der Waals surface area contributed by atoms with Crippen LogP contribution in [0.2, 0.25) is 0 Å². The van der Waals surface area contributed by atoms with Crippen LogP contribution < -0.4 is 19.6 Å². The maximum atomic E-state index is 12.6. The first-order valence-corrected chi connectivity index (χ1v) is 11.4. The summed E-state index contributed by atoms with van der Waals surface area (Å²) in [5.41, 5.74) is 4.31. The monoisotopic (exact) mass is 429 g/mol. The van der Waals surface area contributed by atoms with Gasteiger partial charge in [-0.2, -0.15) is 8.42 Å². The summed E-state index contributed by atoms with van der Waals surface area (Å²) in [5, 5.41) is 7.07. The highest BCUT2D eigenvalue weighted by Gasteiger charge is 2.31. The van der Waals surface area contributed by atoms with Crippen molar-refractivity contribution < 1.29 is 22.1 Å². The van der Waals surface area contributed by atoms with Gasteiger partial charge in [0.15, 0.2) is 11.5 Å². The first kappa shape index (κ1) is 20.2. The van der Waals surface area contributed by atoms with E-state index in [0.717, 1.165) is 41.5 Å². The van der Waals surface area contributed by atoms with Crippen molar-refractivity contribution in [2.24, 2.45) is 0 Å². The van der Waals surface area contributed by atoms with Crippen molar-refractivity contribution in [1.29, 1.82) is 0 Å². The topological polar surface area (TPSA) is 110 Å². The van der Waals surface area contributed by atoms with Crippen molar-refractivity contribution in [3.8, 4) is 22.8 Å². The van der Waals surface area contributed by atoms with Crippen molar-refractivity contribution >= 4 is 26.9 Å². The maximum Gasteiger partial charge on any atom is 0.306 e. The lowest BCUT2D eigenvalue weighted by atomic mass is 9.98. The second-order valence-electron chi connectivity index (χ2n) is 7.16. The second-order valence-corrected chi connectivity index (χ2v) is 8.74.